The standard InChI is InChI=1S/C9H11BrN2O3/c10-6-2-1-3-7(15-5-4-13)8(6)9(11)12-14/h1-3,13-14H,4-5H2,(H2,11,12). The largest absolute Gasteiger partial charge is 0.490 e. The Labute approximate surface area is 95.3 Å². The van der Waals surface area contributed by atoms with E-state index in [1.807, 2.05) is 0 Å². The van der Waals surface area contributed by atoms with Crippen molar-refractivity contribution in [2.24, 2.45) is 10.9 Å². The number of hydrogen-bond donors (Lipinski definition) is 3. The molecule has 0 bridgehead atoms. The molecule has 0 fully saturated rings. The number of ether oxygens (including phenoxy) is 1. The van der Waals surface area contributed by atoms with Gasteiger partial charge in [-0.1, -0.05) is 11.2 Å². The zero-order valence-electron chi connectivity index (χ0n) is 7.85. The maximum absolute atomic E-state index is 8.64. The molecule has 82 valence electrons. The number of amidine groups is 1. The lowest BCUT2D eigenvalue weighted by atomic mass is 10.2. The molecule has 0 unspecified atom stereocenters. The predicted molar refractivity (Wildman–Crippen MR) is 59.2 cm³/mol. The highest BCUT2D eigenvalue weighted by atomic mass is 79.9. The van der Waals surface area contributed by atoms with Gasteiger partial charge in [0.1, 0.15) is 12.4 Å². The molecule has 0 aliphatic heterocycles. The van der Waals surface area contributed by atoms with Crippen LogP contribution in [0.5, 0.6) is 5.75 Å². The molecule has 1 rings (SSSR count). The van der Waals surface area contributed by atoms with Crippen LogP contribution in [0.25, 0.3) is 0 Å². The molecule has 0 saturated carbocycles. The molecule has 6 heteroatoms. The Balaban J connectivity index is 3.09. The molecule has 0 saturated heterocycles. The Morgan fingerprint density at radius 1 is 1.53 bits per heavy atom. The summed E-state index contributed by atoms with van der Waals surface area (Å²) in [4.78, 5) is 0. The van der Waals surface area contributed by atoms with E-state index in [0.29, 0.717) is 15.8 Å². The number of nitrogens with two attached hydrogens (primary N) is 1. The SMILES string of the molecule is N/C(=N/O)c1c(Br)cccc1OCCO. The van der Waals surface area contributed by atoms with Crippen LogP contribution in [0.4, 0.5) is 0 Å². The molecule has 0 radical (unpaired) electrons. The third-order valence-electron chi connectivity index (χ3n) is 1.69. The Morgan fingerprint density at radius 3 is 2.87 bits per heavy atom. The lowest BCUT2D eigenvalue weighted by molar-refractivity contribution is 0.201. The number of nitrogens with zero attached hydrogens (tertiary/aromatic N) is 1. The van der Waals surface area contributed by atoms with Gasteiger partial charge >= 0.3 is 0 Å². The fourth-order valence-corrected chi connectivity index (χ4v) is 1.63. The molecule has 1 aromatic rings. The summed E-state index contributed by atoms with van der Waals surface area (Å²) in [6.07, 6.45) is 0. The average Bonchev–Trinajstić information content (AvgIpc) is 2.25. The third kappa shape index (κ3) is 2.84. The van der Waals surface area contributed by atoms with Crippen LogP contribution in [0.2, 0.25) is 0 Å². The quantitative estimate of drug-likeness (QED) is 0.330. The van der Waals surface area contributed by atoms with E-state index in [0.717, 1.165) is 0 Å². The van der Waals surface area contributed by atoms with Crippen LogP contribution in [0.1, 0.15) is 5.56 Å². The maximum Gasteiger partial charge on any atom is 0.174 e. The summed E-state index contributed by atoms with van der Waals surface area (Å²) >= 11 is 3.27. The summed E-state index contributed by atoms with van der Waals surface area (Å²) in [6, 6.07) is 5.18. The highest BCUT2D eigenvalue weighted by Gasteiger charge is 2.11. The highest BCUT2D eigenvalue weighted by molar-refractivity contribution is 9.10. The van der Waals surface area contributed by atoms with Gasteiger partial charge in [-0.05, 0) is 28.1 Å². The molecular weight excluding hydrogens is 264 g/mol. The number of hydrogen-bond acceptors (Lipinski definition) is 4. The zero-order valence-corrected chi connectivity index (χ0v) is 9.44. The van der Waals surface area contributed by atoms with Gasteiger partial charge in [0.25, 0.3) is 0 Å². The van der Waals surface area contributed by atoms with Crippen LogP contribution in [-0.4, -0.2) is 29.4 Å². The number of rotatable bonds is 4. The molecule has 1 aromatic carbocycles. The second kappa shape index (κ2) is 5.57. The van der Waals surface area contributed by atoms with Crippen LogP contribution < -0.4 is 10.5 Å². The van der Waals surface area contributed by atoms with E-state index in [2.05, 4.69) is 21.1 Å². The molecule has 4 N–H and O–H groups in total. The minimum atomic E-state index is -0.0951. The van der Waals surface area contributed by atoms with Crippen LogP contribution in [0.15, 0.2) is 27.8 Å². The van der Waals surface area contributed by atoms with E-state index in [1.165, 1.54) is 0 Å². The number of oxime groups is 1. The van der Waals surface area contributed by atoms with Crippen molar-refractivity contribution >= 4 is 21.8 Å². The molecular formula is C9H11BrN2O3. The molecule has 0 heterocycles. The molecule has 5 nitrogen and oxygen atoms in total. The van der Waals surface area contributed by atoms with E-state index < -0.39 is 0 Å². The van der Waals surface area contributed by atoms with E-state index in [-0.39, 0.29) is 19.0 Å². The number of aliphatic hydroxyl groups is 1. The van der Waals surface area contributed by atoms with Crippen molar-refractivity contribution in [1.82, 2.24) is 0 Å². The van der Waals surface area contributed by atoms with Gasteiger partial charge in [0, 0.05) is 4.47 Å². The van der Waals surface area contributed by atoms with Gasteiger partial charge in [0.2, 0.25) is 0 Å². The molecule has 0 atom stereocenters. The number of halogens is 1. The van der Waals surface area contributed by atoms with Crippen molar-refractivity contribution in [2.45, 2.75) is 0 Å². The first-order chi connectivity index (χ1) is 7.20. The summed E-state index contributed by atoms with van der Waals surface area (Å²) in [5.41, 5.74) is 5.96. The second-order valence-corrected chi connectivity index (χ2v) is 3.52. The average molecular weight is 275 g/mol. The molecule has 0 aliphatic carbocycles. The van der Waals surface area contributed by atoms with Gasteiger partial charge < -0.3 is 20.8 Å². The first-order valence-electron chi connectivity index (χ1n) is 4.20. The topological polar surface area (TPSA) is 88.1 Å². The Bertz CT molecular complexity index is 368. The minimum absolute atomic E-state index is 0.0459. The van der Waals surface area contributed by atoms with Crippen molar-refractivity contribution < 1.29 is 15.1 Å². The van der Waals surface area contributed by atoms with E-state index in [4.69, 9.17) is 20.8 Å². The van der Waals surface area contributed by atoms with Crippen LogP contribution in [0.3, 0.4) is 0 Å². The van der Waals surface area contributed by atoms with E-state index >= 15 is 0 Å². The van der Waals surface area contributed by atoms with Crippen molar-refractivity contribution in [2.75, 3.05) is 13.2 Å². The second-order valence-electron chi connectivity index (χ2n) is 2.67. The number of aliphatic hydroxyl groups excluding tert-OH is 1. The fourth-order valence-electron chi connectivity index (χ4n) is 1.08. The third-order valence-corrected chi connectivity index (χ3v) is 2.35. The fraction of sp³-hybridized carbons (Fsp3) is 0.222. The van der Waals surface area contributed by atoms with Crippen LogP contribution in [0, 0.1) is 0 Å². The summed E-state index contributed by atoms with van der Waals surface area (Å²) in [5, 5.41) is 20.1. The van der Waals surface area contributed by atoms with Crippen molar-refractivity contribution in [3.63, 3.8) is 0 Å². The Kier molecular flexibility index (Phi) is 4.38. The van der Waals surface area contributed by atoms with Gasteiger partial charge in [-0.3, -0.25) is 0 Å². The first kappa shape index (κ1) is 11.8. The van der Waals surface area contributed by atoms with E-state index in [1.54, 1.807) is 18.2 Å². The zero-order chi connectivity index (χ0) is 11.3. The Hall–Kier alpha value is -1.27. The lowest BCUT2D eigenvalue weighted by Gasteiger charge is -2.10. The minimum Gasteiger partial charge on any atom is -0.490 e. The van der Waals surface area contributed by atoms with Gasteiger partial charge in [-0.15, -0.1) is 0 Å². The number of benzene rings is 1. The monoisotopic (exact) mass is 274 g/mol. The van der Waals surface area contributed by atoms with Crippen LogP contribution >= 0.6 is 15.9 Å². The highest BCUT2D eigenvalue weighted by Crippen LogP contribution is 2.26. The molecule has 0 aliphatic rings. The van der Waals surface area contributed by atoms with Crippen molar-refractivity contribution in [1.29, 1.82) is 0 Å². The molecule has 15 heavy (non-hydrogen) atoms. The normalized spacial score (nSPS) is 11.5. The maximum atomic E-state index is 8.64. The van der Waals surface area contributed by atoms with Crippen LogP contribution in [-0.2, 0) is 0 Å². The molecule has 0 spiro atoms. The smallest absolute Gasteiger partial charge is 0.174 e. The Morgan fingerprint density at radius 2 is 2.27 bits per heavy atom. The van der Waals surface area contributed by atoms with Crippen molar-refractivity contribution in [3.05, 3.63) is 28.2 Å². The molecule has 0 aromatic heterocycles. The van der Waals surface area contributed by atoms with Gasteiger partial charge in [-0.2, -0.15) is 0 Å². The lowest BCUT2D eigenvalue weighted by Crippen LogP contribution is -2.16. The predicted octanol–water partition coefficient (Wildman–Crippen LogP) is 0.915. The summed E-state index contributed by atoms with van der Waals surface area (Å²) < 4.78 is 5.90. The van der Waals surface area contributed by atoms with Gasteiger partial charge in [-0.25, -0.2) is 0 Å². The summed E-state index contributed by atoms with van der Waals surface area (Å²) in [6.45, 7) is 0.0598. The first-order valence-corrected chi connectivity index (χ1v) is 5.00. The molecule has 0 amide bonds. The van der Waals surface area contributed by atoms with E-state index in [9.17, 15) is 0 Å². The van der Waals surface area contributed by atoms with Gasteiger partial charge in [0.15, 0.2) is 5.84 Å². The van der Waals surface area contributed by atoms with Gasteiger partial charge in [0.05, 0.1) is 12.2 Å². The summed E-state index contributed by atoms with van der Waals surface area (Å²) in [5.74, 6) is 0.407. The van der Waals surface area contributed by atoms with Crippen molar-refractivity contribution in [3.8, 4) is 5.75 Å². The summed E-state index contributed by atoms with van der Waals surface area (Å²) in [7, 11) is 0.